The van der Waals surface area contributed by atoms with Gasteiger partial charge < -0.3 is 9.13 Å². The lowest BCUT2D eigenvalue weighted by molar-refractivity contribution is 0.729. The van der Waals surface area contributed by atoms with E-state index < -0.39 is 4.87 Å². The summed E-state index contributed by atoms with van der Waals surface area (Å²) in [5, 5.41) is 1.18. The molecule has 0 saturated carbocycles. The Balaban J connectivity index is 1.84. The third kappa shape index (κ3) is 3.70. The van der Waals surface area contributed by atoms with Crippen LogP contribution in [0, 0.1) is 0 Å². The molecule has 0 unspecified atom stereocenters. The van der Waals surface area contributed by atoms with Crippen molar-refractivity contribution in [1.29, 1.82) is 0 Å². The van der Waals surface area contributed by atoms with Crippen LogP contribution >= 0.6 is 34.8 Å². The molecule has 170 valence electrons. The van der Waals surface area contributed by atoms with Crippen LogP contribution in [0.1, 0.15) is 17.0 Å². The summed E-state index contributed by atoms with van der Waals surface area (Å²) in [7, 11) is 3.61. The Morgan fingerprint density at radius 3 is 2.35 bits per heavy atom. The minimum absolute atomic E-state index is 0.140. The highest BCUT2D eigenvalue weighted by Gasteiger charge is 2.38. The van der Waals surface area contributed by atoms with Crippen molar-refractivity contribution in [3.05, 3.63) is 117 Å². The van der Waals surface area contributed by atoms with Gasteiger partial charge in [-0.1, -0.05) is 47.5 Å². The molecule has 2 aromatic carbocycles. The Kier molecular flexibility index (Phi) is 5.72. The Morgan fingerprint density at radius 2 is 1.68 bits per heavy atom. The number of nitrogens with zero attached hydrogens (tertiary/aromatic N) is 4. The van der Waals surface area contributed by atoms with Crippen LogP contribution in [-0.2, 0) is 19.0 Å². The van der Waals surface area contributed by atoms with Gasteiger partial charge in [-0.25, -0.2) is 9.97 Å². The summed E-state index contributed by atoms with van der Waals surface area (Å²) in [4.78, 5) is 20.9. The van der Waals surface area contributed by atoms with Gasteiger partial charge in [0.05, 0.1) is 34.9 Å². The molecular formula is C26H19Cl3N4O. The van der Waals surface area contributed by atoms with Crippen LogP contribution in [0.25, 0.3) is 22.2 Å². The first-order valence-corrected chi connectivity index (χ1v) is 11.6. The molecule has 3 heterocycles. The number of benzene rings is 2. The van der Waals surface area contributed by atoms with Gasteiger partial charge in [-0.3, -0.25) is 4.79 Å². The van der Waals surface area contributed by atoms with Crippen LogP contribution in [0.15, 0.2) is 84.0 Å². The maximum atomic E-state index is 12.7. The van der Waals surface area contributed by atoms with Crippen molar-refractivity contribution in [3.63, 3.8) is 0 Å². The first-order chi connectivity index (χ1) is 16.3. The van der Waals surface area contributed by atoms with E-state index in [0.717, 1.165) is 16.8 Å². The molecule has 5 rings (SSSR count). The van der Waals surface area contributed by atoms with E-state index in [1.807, 2.05) is 54.1 Å². The number of hydrogen-bond donors (Lipinski definition) is 0. The summed E-state index contributed by atoms with van der Waals surface area (Å²) in [5.74, 6) is 0. The zero-order valence-corrected chi connectivity index (χ0v) is 20.6. The fraction of sp³-hybridized carbons (Fsp3) is 0.115. The number of pyridine rings is 2. The Morgan fingerprint density at radius 1 is 0.912 bits per heavy atom. The van der Waals surface area contributed by atoms with Crippen molar-refractivity contribution in [1.82, 2.24) is 19.1 Å². The van der Waals surface area contributed by atoms with Gasteiger partial charge in [-0.2, -0.15) is 0 Å². The highest BCUT2D eigenvalue weighted by molar-refractivity contribution is 6.31. The molecule has 5 aromatic rings. The lowest BCUT2D eigenvalue weighted by Gasteiger charge is -2.28. The minimum atomic E-state index is -1.15. The van der Waals surface area contributed by atoms with Gasteiger partial charge in [0.2, 0.25) is 0 Å². The molecular weight excluding hydrogens is 491 g/mol. The van der Waals surface area contributed by atoms with E-state index in [1.54, 1.807) is 48.4 Å². The van der Waals surface area contributed by atoms with Crippen molar-refractivity contribution >= 4 is 45.8 Å². The predicted molar refractivity (Wildman–Crippen MR) is 138 cm³/mol. The molecule has 0 amide bonds. The maximum Gasteiger partial charge on any atom is 0.251 e. The monoisotopic (exact) mass is 508 g/mol. The average Bonchev–Trinajstić information content (AvgIpc) is 3.27. The van der Waals surface area contributed by atoms with Gasteiger partial charge in [0.1, 0.15) is 0 Å². The quantitative estimate of drug-likeness (QED) is 0.272. The van der Waals surface area contributed by atoms with E-state index in [1.165, 1.54) is 0 Å². The van der Waals surface area contributed by atoms with Crippen LogP contribution in [0.2, 0.25) is 10.0 Å². The van der Waals surface area contributed by atoms with E-state index in [-0.39, 0.29) is 5.56 Å². The van der Waals surface area contributed by atoms with E-state index in [9.17, 15) is 4.79 Å². The number of aromatic nitrogens is 4. The second-order valence-corrected chi connectivity index (χ2v) is 9.52. The molecule has 0 saturated heterocycles. The number of fused-ring (bicyclic) bond motifs is 1. The lowest BCUT2D eigenvalue weighted by Crippen LogP contribution is -2.27. The summed E-state index contributed by atoms with van der Waals surface area (Å²) < 4.78 is 3.44. The molecule has 0 aliphatic carbocycles. The molecule has 1 atom stereocenters. The van der Waals surface area contributed by atoms with Gasteiger partial charge in [0.15, 0.2) is 4.87 Å². The largest absolute Gasteiger partial charge is 0.336 e. The molecule has 0 bridgehead atoms. The van der Waals surface area contributed by atoms with Gasteiger partial charge in [-0.05, 0) is 47.5 Å². The summed E-state index contributed by atoms with van der Waals surface area (Å²) in [5.41, 5.74) is 4.80. The van der Waals surface area contributed by atoms with E-state index >= 15 is 0 Å². The minimum Gasteiger partial charge on any atom is -0.336 e. The summed E-state index contributed by atoms with van der Waals surface area (Å²) >= 11 is 19.9. The van der Waals surface area contributed by atoms with Crippen LogP contribution in [0.4, 0.5) is 0 Å². The fourth-order valence-electron chi connectivity index (χ4n) is 4.19. The van der Waals surface area contributed by atoms with Crippen LogP contribution in [0.3, 0.4) is 0 Å². The first-order valence-electron chi connectivity index (χ1n) is 10.5. The first kappa shape index (κ1) is 22.7. The number of alkyl halides is 1. The average molecular weight is 510 g/mol. The van der Waals surface area contributed by atoms with Gasteiger partial charge in [0.25, 0.3) is 5.56 Å². The zero-order valence-electron chi connectivity index (χ0n) is 18.3. The molecule has 5 nitrogen and oxygen atoms in total. The molecule has 3 aromatic heterocycles. The number of imidazole rings is 1. The molecule has 0 fully saturated rings. The molecule has 8 heteroatoms. The Hall–Kier alpha value is -3.12. The molecule has 34 heavy (non-hydrogen) atoms. The van der Waals surface area contributed by atoms with Gasteiger partial charge >= 0.3 is 0 Å². The standard InChI is InChI=1S/C26H19Cl3N4O/c1-32-15-30-14-23(32)26(29,17-6-8-18(27)9-7-17)22-11-10-21-25(31-22)20(13-24(34)33(21)2)16-4-3-5-19(28)12-16/h3-15H,1-2H3/t26-/m1/s1. The molecule has 0 aliphatic rings. The Labute approximate surface area is 211 Å². The normalized spacial score (nSPS) is 13.2. The molecule has 0 aliphatic heterocycles. The van der Waals surface area contributed by atoms with Crippen LogP contribution < -0.4 is 5.56 Å². The number of hydrogen-bond acceptors (Lipinski definition) is 3. The van der Waals surface area contributed by atoms with Crippen molar-refractivity contribution in [2.24, 2.45) is 14.1 Å². The van der Waals surface area contributed by atoms with Gasteiger partial charge in [0, 0.05) is 35.8 Å². The third-order valence-corrected chi connectivity index (χ3v) is 7.08. The number of aryl methyl sites for hydroxylation is 2. The predicted octanol–water partition coefficient (Wildman–Crippen LogP) is 6.17. The van der Waals surface area contributed by atoms with Gasteiger partial charge in [-0.15, -0.1) is 11.6 Å². The zero-order chi connectivity index (χ0) is 24.0. The number of halogens is 3. The molecule has 0 radical (unpaired) electrons. The SMILES string of the molecule is Cn1cncc1[C@@](Cl)(c1ccc(Cl)cc1)c1ccc2c(n1)c(-c1cccc(Cl)c1)cc(=O)n2C. The second-order valence-electron chi connectivity index (χ2n) is 8.08. The lowest BCUT2D eigenvalue weighted by atomic mass is 9.90. The summed E-state index contributed by atoms with van der Waals surface area (Å²) in [6, 6.07) is 20.0. The topological polar surface area (TPSA) is 52.7 Å². The van der Waals surface area contributed by atoms with Crippen molar-refractivity contribution < 1.29 is 0 Å². The van der Waals surface area contributed by atoms with Crippen molar-refractivity contribution in [2.75, 3.05) is 0 Å². The van der Waals surface area contributed by atoms with Crippen LogP contribution in [-0.4, -0.2) is 19.1 Å². The Bertz CT molecular complexity index is 1590. The van der Waals surface area contributed by atoms with E-state index in [2.05, 4.69) is 4.98 Å². The van der Waals surface area contributed by atoms with Crippen molar-refractivity contribution in [2.45, 2.75) is 4.87 Å². The number of rotatable bonds is 4. The fourth-order valence-corrected chi connectivity index (χ4v) is 4.92. The van der Waals surface area contributed by atoms with Crippen molar-refractivity contribution in [3.8, 4) is 11.1 Å². The molecule has 0 N–H and O–H groups in total. The molecule has 0 spiro atoms. The van der Waals surface area contributed by atoms with Crippen LogP contribution in [0.5, 0.6) is 0 Å². The van der Waals surface area contributed by atoms with E-state index in [0.29, 0.717) is 32.3 Å². The highest BCUT2D eigenvalue weighted by Crippen LogP contribution is 2.43. The smallest absolute Gasteiger partial charge is 0.251 e. The maximum absolute atomic E-state index is 12.7. The summed E-state index contributed by atoms with van der Waals surface area (Å²) in [6.45, 7) is 0. The highest BCUT2D eigenvalue weighted by atomic mass is 35.5. The third-order valence-electron chi connectivity index (χ3n) is 5.99. The second kappa shape index (κ2) is 8.58. The summed E-state index contributed by atoms with van der Waals surface area (Å²) in [6.07, 6.45) is 3.43. The van der Waals surface area contributed by atoms with E-state index in [4.69, 9.17) is 39.8 Å².